The second-order valence-electron chi connectivity index (χ2n) is 5.45. The Morgan fingerprint density at radius 3 is 3.11 bits per heavy atom. The van der Waals surface area contributed by atoms with E-state index in [1.165, 1.54) is 6.42 Å². The van der Waals surface area contributed by atoms with Crippen molar-refractivity contribution in [1.29, 1.82) is 0 Å². The minimum absolute atomic E-state index is 0. The Morgan fingerprint density at radius 1 is 1.47 bits per heavy atom. The van der Waals surface area contributed by atoms with Gasteiger partial charge >= 0.3 is 0 Å². The van der Waals surface area contributed by atoms with Crippen molar-refractivity contribution in [3.05, 3.63) is 17.0 Å². The quantitative estimate of drug-likeness (QED) is 0.818. The van der Waals surface area contributed by atoms with Crippen LogP contribution in [0, 0.1) is 5.92 Å². The van der Waals surface area contributed by atoms with E-state index < -0.39 is 0 Å². The van der Waals surface area contributed by atoms with Gasteiger partial charge in [-0.3, -0.25) is 9.89 Å². The summed E-state index contributed by atoms with van der Waals surface area (Å²) in [5, 5.41) is 10.6. The Hall–Kier alpha value is -1.07. The van der Waals surface area contributed by atoms with Crippen LogP contribution in [0.15, 0.2) is 0 Å². The second-order valence-corrected chi connectivity index (χ2v) is 5.45. The van der Waals surface area contributed by atoms with Crippen LogP contribution >= 0.6 is 12.4 Å². The summed E-state index contributed by atoms with van der Waals surface area (Å²) in [4.78, 5) is 14.5. The minimum Gasteiger partial charge on any atom is -0.337 e. The number of hydrogen-bond donors (Lipinski definition) is 2. The third-order valence-corrected chi connectivity index (χ3v) is 3.95. The smallest absolute Gasteiger partial charge is 0.274 e. The fraction of sp³-hybridized carbons (Fsp3) is 0.692. The second kappa shape index (κ2) is 5.92. The highest BCUT2D eigenvalue weighted by atomic mass is 35.5. The molecular formula is C13H21ClN4O. The number of rotatable bonds is 1. The van der Waals surface area contributed by atoms with Gasteiger partial charge in [0.2, 0.25) is 0 Å². The van der Waals surface area contributed by atoms with E-state index in [9.17, 15) is 4.79 Å². The number of H-pyrrole nitrogens is 1. The van der Waals surface area contributed by atoms with Gasteiger partial charge in [0.25, 0.3) is 5.91 Å². The van der Waals surface area contributed by atoms with Crippen molar-refractivity contribution in [3.63, 3.8) is 0 Å². The molecule has 0 aliphatic carbocycles. The molecule has 2 N–H and O–H groups in total. The van der Waals surface area contributed by atoms with E-state index in [0.29, 0.717) is 11.6 Å². The number of hydrogen-bond acceptors (Lipinski definition) is 3. The van der Waals surface area contributed by atoms with Crippen LogP contribution in [0.1, 0.15) is 41.5 Å². The van der Waals surface area contributed by atoms with Gasteiger partial charge in [-0.15, -0.1) is 12.4 Å². The molecule has 2 aliphatic rings. The summed E-state index contributed by atoms with van der Waals surface area (Å²) in [6.45, 7) is 5.67. The van der Waals surface area contributed by atoms with Gasteiger partial charge in [0.05, 0.1) is 0 Å². The van der Waals surface area contributed by atoms with Gasteiger partial charge in [0.15, 0.2) is 5.69 Å². The molecule has 3 rings (SSSR count). The molecule has 1 saturated heterocycles. The summed E-state index contributed by atoms with van der Waals surface area (Å²) in [5.41, 5.74) is 2.83. The lowest BCUT2D eigenvalue weighted by Gasteiger charge is -2.30. The van der Waals surface area contributed by atoms with E-state index in [1.807, 2.05) is 4.90 Å². The first-order valence-electron chi connectivity index (χ1n) is 6.82. The third-order valence-electron chi connectivity index (χ3n) is 3.95. The highest BCUT2D eigenvalue weighted by Crippen LogP contribution is 2.21. The van der Waals surface area contributed by atoms with Crippen LogP contribution in [0.2, 0.25) is 0 Å². The van der Waals surface area contributed by atoms with Crippen molar-refractivity contribution in [2.75, 3.05) is 19.6 Å². The molecule has 0 bridgehead atoms. The molecule has 5 nitrogen and oxygen atoms in total. The van der Waals surface area contributed by atoms with Crippen molar-refractivity contribution < 1.29 is 4.79 Å². The maximum Gasteiger partial charge on any atom is 0.274 e. The summed E-state index contributed by atoms with van der Waals surface area (Å²) < 4.78 is 0. The molecular weight excluding hydrogens is 264 g/mol. The summed E-state index contributed by atoms with van der Waals surface area (Å²) in [6.07, 6.45) is 3.27. The van der Waals surface area contributed by atoms with Crippen molar-refractivity contribution in [3.8, 4) is 0 Å². The number of carbonyl (C=O) groups excluding carboxylic acids is 1. The summed E-state index contributed by atoms with van der Waals surface area (Å²) in [7, 11) is 0. The van der Waals surface area contributed by atoms with Crippen LogP contribution in [0.3, 0.4) is 0 Å². The average molecular weight is 285 g/mol. The van der Waals surface area contributed by atoms with Crippen molar-refractivity contribution >= 4 is 18.3 Å². The monoisotopic (exact) mass is 284 g/mol. The van der Waals surface area contributed by atoms with Gasteiger partial charge in [-0.25, -0.2) is 0 Å². The zero-order valence-corrected chi connectivity index (χ0v) is 12.1. The maximum atomic E-state index is 12.5. The van der Waals surface area contributed by atoms with E-state index in [1.54, 1.807) is 0 Å². The highest BCUT2D eigenvalue weighted by Gasteiger charge is 2.27. The zero-order valence-electron chi connectivity index (χ0n) is 11.2. The molecule has 0 aromatic carbocycles. The number of aromatic nitrogens is 2. The number of nitrogens with zero attached hydrogens (tertiary/aromatic N) is 2. The molecule has 2 aliphatic heterocycles. The van der Waals surface area contributed by atoms with Crippen LogP contribution in [-0.2, 0) is 13.0 Å². The fourth-order valence-corrected chi connectivity index (χ4v) is 2.93. The molecule has 1 aromatic heterocycles. The van der Waals surface area contributed by atoms with Gasteiger partial charge in [0, 0.05) is 43.9 Å². The van der Waals surface area contributed by atoms with Gasteiger partial charge < -0.3 is 10.2 Å². The molecule has 0 saturated carbocycles. The van der Waals surface area contributed by atoms with Crippen LogP contribution < -0.4 is 5.32 Å². The first-order chi connectivity index (χ1) is 8.75. The standard InChI is InChI=1S/C13H20N4O.ClH/c1-9-3-2-6-17(8-9)13(18)12-10-7-14-5-4-11(10)15-16-12;/h9,14H,2-8H2,1H3,(H,15,16);1H. The molecule has 6 heteroatoms. The fourth-order valence-electron chi connectivity index (χ4n) is 2.93. The Bertz CT molecular complexity index is 459. The molecule has 19 heavy (non-hydrogen) atoms. The summed E-state index contributed by atoms with van der Waals surface area (Å²) in [6, 6.07) is 0. The summed E-state index contributed by atoms with van der Waals surface area (Å²) >= 11 is 0. The first kappa shape index (κ1) is 14.3. The minimum atomic E-state index is 0. The van der Waals surface area contributed by atoms with E-state index in [0.717, 1.165) is 50.3 Å². The topological polar surface area (TPSA) is 61.0 Å². The molecule has 106 valence electrons. The maximum absolute atomic E-state index is 12.5. The Balaban J connectivity index is 0.00000133. The van der Waals surface area contributed by atoms with Crippen LogP contribution in [0.4, 0.5) is 0 Å². The molecule has 0 spiro atoms. The highest BCUT2D eigenvalue weighted by molar-refractivity contribution is 5.94. The number of piperidine rings is 1. The first-order valence-corrected chi connectivity index (χ1v) is 6.82. The van der Waals surface area contributed by atoms with Gasteiger partial charge in [-0.1, -0.05) is 6.92 Å². The largest absolute Gasteiger partial charge is 0.337 e. The predicted octanol–water partition coefficient (Wildman–Crippen LogP) is 1.35. The average Bonchev–Trinajstić information content (AvgIpc) is 2.82. The van der Waals surface area contributed by atoms with Gasteiger partial charge in [-0.2, -0.15) is 5.10 Å². The molecule has 1 unspecified atom stereocenters. The summed E-state index contributed by atoms with van der Waals surface area (Å²) in [5.74, 6) is 0.707. The van der Waals surface area contributed by atoms with Crippen molar-refractivity contribution in [2.24, 2.45) is 5.92 Å². The van der Waals surface area contributed by atoms with E-state index in [-0.39, 0.29) is 18.3 Å². The molecule has 3 heterocycles. The molecule has 1 atom stereocenters. The van der Waals surface area contributed by atoms with Crippen molar-refractivity contribution in [2.45, 2.75) is 32.7 Å². The number of aromatic amines is 1. The van der Waals surface area contributed by atoms with E-state index in [2.05, 4.69) is 22.4 Å². The molecule has 0 radical (unpaired) electrons. The van der Waals surface area contributed by atoms with Crippen LogP contribution in [0.25, 0.3) is 0 Å². The molecule has 1 fully saturated rings. The molecule has 1 amide bonds. The van der Waals surface area contributed by atoms with Gasteiger partial charge in [-0.05, 0) is 18.8 Å². The van der Waals surface area contributed by atoms with Crippen LogP contribution in [0.5, 0.6) is 0 Å². The lowest BCUT2D eigenvalue weighted by Crippen LogP contribution is -2.40. The number of halogens is 1. The number of amides is 1. The molecule has 1 aromatic rings. The third kappa shape index (κ3) is 2.77. The van der Waals surface area contributed by atoms with Crippen LogP contribution in [-0.4, -0.2) is 40.6 Å². The predicted molar refractivity (Wildman–Crippen MR) is 75.5 cm³/mol. The van der Waals surface area contributed by atoms with Gasteiger partial charge in [0.1, 0.15) is 0 Å². The number of carbonyl (C=O) groups is 1. The normalized spacial score (nSPS) is 22.6. The number of likely N-dealkylation sites (tertiary alicyclic amines) is 1. The zero-order chi connectivity index (χ0) is 12.5. The Morgan fingerprint density at radius 2 is 2.32 bits per heavy atom. The lowest BCUT2D eigenvalue weighted by atomic mass is 9.99. The number of nitrogens with one attached hydrogen (secondary N) is 2. The van der Waals surface area contributed by atoms with E-state index >= 15 is 0 Å². The number of fused-ring (bicyclic) bond motifs is 1. The van der Waals surface area contributed by atoms with E-state index in [4.69, 9.17) is 0 Å². The Labute approximate surface area is 119 Å². The Kier molecular flexibility index (Phi) is 4.47. The SMILES string of the molecule is CC1CCCN(C(=O)c2n[nH]c3c2CNCC3)C1.Cl. The lowest BCUT2D eigenvalue weighted by molar-refractivity contribution is 0.0675. The van der Waals surface area contributed by atoms with Crippen molar-refractivity contribution in [1.82, 2.24) is 20.4 Å².